The number of hydrogen-bond acceptors (Lipinski definition) is 6. The van der Waals surface area contributed by atoms with Gasteiger partial charge in [0.1, 0.15) is 28.2 Å². The minimum atomic E-state index is -3.08. The number of nitrogens with two attached hydrogens (primary N) is 1. The molecule has 2 N–H and O–H groups in total. The Balaban J connectivity index is 2.17. The van der Waals surface area contributed by atoms with Crippen LogP contribution in [0.1, 0.15) is 23.2 Å². The van der Waals surface area contributed by atoms with Crippen LogP contribution in [0, 0.1) is 0 Å². The van der Waals surface area contributed by atoms with Crippen molar-refractivity contribution in [1.29, 1.82) is 0 Å². The maximum absolute atomic E-state index is 12.2. The van der Waals surface area contributed by atoms with Gasteiger partial charge in [0, 0.05) is 25.3 Å². The molecule has 1 amide bonds. The summed E-state index contributed by atoms with van der Waals surface area (Å²) in [6.07, 6.45) is 1.54. The zero-order chi connectivity index (χ0) is 17.2. The molecule has 0 saturated heterocycles. The molecule has 1 heterocycles. The number of ether oxygens (including phenoxy) is 1. The zero-order valence-corrected chi connectivity index (χ0v) is 13.9. The van der Waals surface area contributed by atoms with E-state index in [1.165, 1.54) is 4.90 Å². The third kappa shape index (κ3) is 4.29. The Bertz CT molecular complexity index is 729. The standard InChI is InChI=1S/C15H20N2O5S/c1-17-12-8-10(13(18)4-3-7-23(2,20)21)5-6-14(12)22-9-11(16)15(17)19/h5-6,8,11H,3-4,7,9,16H2,1-2H3/t11-/m0/s1. The van der Waals surface area contributed by atoms with Crippen LogP contribution in [-0.4, -0.2) is 51.8 Å². The minimum Gasteiger partial charge on any atom is -0.489 e. The number of nitrogens with zero attached hydrogens (tertiary/aromatic N) is 1. The van der Waals surface area contributed by atoms with Crippen LogP contribution in [0.3, 0.4) is 0 Å². The summed E-state index contributed by atoms with van der Waals surface area (Å²) in [4.78, 5) is 25.6. The molecule has 2 rings (SSSR count). The fraction of sp³-hybridized carbons (Fsp3) is 0.467. The Hall–Kier alpha value is -1.93. The molecule has 0 bridgehead atoms. The van der Waals surface area contributed by atoms with E-state index in [0.29, 0.717) is 17.0 Å². The number of Topliss-reactive ketones (excluding diaryl/α,β-unsaturated/α-hetero) is 1. The quantitative estimate of drug-likeness (QED) is 0.777. The first-order valence-electron chi connectivity index (χ1n) is 7.20. The number of benzene rings is 1. The number of ketones is 1. The number of rotatable bonds is 5. The first kappa shape index (κ1) is 17.4. The molecule has 0 aromatic heterocycles. The molecule has 23 heavy (non-hydrogen) atoms. The van der Waals surface area contributed by atoms with E-state index >= 15 is 0 Å². The van der Waals surface area contributed by atoms with Gasteiger partial charge >= 0.3 is 0 Å². The van der Waals surface area contributed by atoms with E-state index < -0.39 is 15.9 Å². The maximum atomic E-state index is 12.2. The topological polar surface area (TPSA) is 107 Å². The van der Waals surface area contributed by atoms with Gasteiger partial charge in [0.25, 0.3) is 0 Å². The van der Waals surface area contributed by atoms with Crippen molar-refractivity contribution in [3.63, 3.8) is 0 Å². The molecule has 0 saturated carbocycles. The molecule has 8 heteroatoms. The summed E-state index contributed by atoms with van der Waals surface area (Å²) in [6, 6.07) is 4.06. The number of anilines is 1. The Morgan fingerprint density at radius 2 is 2.13 bits per heavy atom. The van der Waals surface area contributed by atoms with E-state index in [0.717, 1.165) is 6.26 Å². The number of sulfone groups is 1. The fourth-order valence-electron chi connectivity index (χ4n) is 2.33. The molecule has 1 atom stereocenters. The van der Waals surface area contributed by atoms with Crippen molar-refractivity contribution in [2.24, 2.45) is 5.73 Å². The first-order valence-corrected chi connectivity index (χ1v) is 9.26. The number of hydrogen-bond donors (Lipinski definition) is 1. The summed E-state index contributed by atoms with van der Waals surface area (Å²) in [7, 11) is -1.51. The Morgan fingerprint density at radius 3 is 2.78 bits per heavy atom. The average Bonchev–Trinajstić information content (AvgIpc) is 2.58. The van der Waals surface area contributed by atoms with Gasteiger partial charge in [0.15, 0.2) is 5.78 Å². The fourth-order valence-corrected chi connectivity index (χ4v) is 3.00. The van der Waals surface area contributed by atoms with Crippen molar-refractivity contribution in [1.82, 2.24) is 0 Å². The molecular formula is C15H20N2O5S. The summed E-state index contributed by atoms with van der Waals surface area (Å²) in [5.74, 6) is -0.00204. The highest BCUT2D eigenvalue weighted by Gasteiger charge is 2.27. The number of carbonyl (C=O) groups excluding carboxylic acids is 2. The largest absolute Gasteiger partial charge is 0.489 e. The first-order chi connectivity index (χ1) is 10.7. The van der Waals surface area contributed by atoms with E-state index in [-0.39, 0.29) is 36.9 Å². The number of fused-ring (bicyclic) bond motifs is 1. The van der Waals surface area contributed by atoms with Gasteiger partial charge in [0.05, 0.1) is 11.4 Å². The molecule has 1 aliphatic heterocycles. The van der Waals surface area contributed by atoms with Crippen molar-refractivity contribution in [3.8, 4) is 5.75 Å². The Morgan fingerprint density at radius 1 is 1.43 bits per heavy atom. The van der Waals surface area contributed by atoms with Gasteiger partial charge in [-0.1, -0.05) is 0 Å². The lowest BCUT2D eigenvalue weighted by Gasteiger charge is -2.18. The lowest BCUT2D eigenvalue weighted by molar-refractivity contribution is -0.119. The molecule has 1 aromatic carbocycles. The molecule has 7 nitrogen and oxygen atoms in total. The summed E-state index contributed by atoms with van der Waals surface area (Å²) in [6.45, 7) is 0.0812. The molecule has 1 aromatic rings. The normalized spacial score (nSPS) is 18.1. The molecule has 0 aliphatic carbocycles. The van der Waals surface area contributed by atoms with Crippen molar-refractivity contribution in [2.45, 2.75) is 18.9 Å². The third-order valence-electron chi connectivity index (χ3n) is 3.63. The predicted octanol–water partition coefficient (Wildman–Crippen LogP) is 0.377. The van der Waals surface area contributed by atoms with E-state index in [4.69, 9.17) is 10.5 Å². The van der Waals surface area contributed by atoms with Gasteiger partial charge < -0.3 is 15.4 Å². The molecule has 0 spiro atoms. The third-order valence-corrected chi connectivity index (χ3v) is 4.66. The van der Waals surface area contributed by atoms with Crippen LogP contribution in [-0.2, 0) is 14.6 Å². The van der Waals surface area contributed by atoms with Gasteiger partial charge in [-0.05, 0) is 24.6 Å². The minimum absolute atomic E-state index is 0.0277. The van der Waals surface area contributed by atoms with E-state index in [1.54, 1.807) is 25.2 Å². The highest BCUT2D eigenvalue weighted by molar-refractivity contribution is 7.90. The predicted molar refractivity (Wildman–Crippen MR) is 86.6 cm³/mol. The molecule has 0 fully saturated rings. The van der Waals surface area contributed by atoms with Crippen LogP contribution in [0.25, 0.3) is 0 Å². The van der Waals surface area contributed by atoms with Crippen molar-refractivity contribution in [2.75, 3.05) is 30.6 Å². The van der Waals surface area contributed by atoms with Crippen LogP contribution in [0.15, 0.2) is 18.2 Å². The van der Waals surface area contributed by atoms with Crippen molar-refractivity contribution < 1.29 is 22.7 Å². The number of amides is 1. The van der Waals surface area contributed by atoms with E-state index in [1.807, 2.05) is 0 Å². The van der Waals surface area contributed by atoms with Gasteiger partial charge in [-0.3, -0.25) is 9.59 Å². The lowest BCUT2D eigenvalue weighted by atomic mass is 10.1. The van der Waals surface area contributed by atoms with Crippen molar-refractivity contribution in [3.05, 3.63) is 23.8 Å². The highest BCUT2D eigenvalue weighted by Crippen LogP contribution is 2.31. The van der Waals surface area contributed by atoms with Gasteiger partial charge in [-0.2, -0.15) is 0 Å². The lowest BCUT2D eigenvalue weighted by Crippen LogP contribution is -2.43. The molecule has 126 valence electrons. The second-order valence-electron chi connectivity index (χ2n) is 5.65. The zero-order valence-electron chi connectivity index (χ0n) is 13.1. The monoisotopic (exact) mass is 340 g/mol. The van der Waals surface area contributed by atoms with E-state index in [2.05, 4.69) is 0 Å². The van der Waals surface area contributed by atoms with E-state index in [9.17, 15) is 18.0 Å². The van der Waals surface area contributed by atoms with Crippen LogP contribution in [0.2, 0.25) is 0 Å². The second kappa shape index (κ2) is 6.67. The summed E-state index contributed by atoms with van der Waals surface area (Å²) in [5.41, 5.74) is 6.61. The van der Waals surface area contributed by atoms with Crippen molar-refractivity contribution >= 4 is 27.2 Å². The summed E-state index contributed by atoms with van der Waals surface area (Å²) >= 11 is 0. The summed E-state index contributed by atoms with van der Waals surface area (Å²) in [5, 5.41) is 0. The molecule has 1 aliphatic rings. The Labute approximate surface area is 135 Å². The smallest absolute Gasteiger partial charge is 0.247 e. The number of likely N-dealkylation sites (N-methyl/N-ethyl adjacent to an activating group) is 1. The van der Waals surface area contributed by atoms with Crippen LogP contribution < -0.4 is 15.4 Å². The SMILES string of the molecule is CN1C(=O)[C@@H](N)COc2ccc(C(=O)CCCS(C)(=O)=O)cc21. The summed E-state index contributed by atoms with van der Waals surface area (Å²) < 4.78 is 27.7. The molecular weight excluding hydrogens is 320 g/mol. The molecule has 0 unspecified atom stereocenters. The maximum Gasteiger partial charge on any atom is 0.247 e. The number of carbonyl (C=O) groups is 2. The van der Waals surface area contributed by atoms with Crippen LogP contribution in [0.4, 0.5) is 5.69 Å². The van der Waals surface area contributed by atoms with Crippen LogP contribution in [0.5, 0.6) is 5.75 Å². The van der Waals surface area contributed by atoms with Crippen LogP contribution >= 0.6 is 0 Å². The highest BCUT2D eigenvalue weighted by atomic mass is 32.2. The van der Waals surface area contributed by atoms with Gasteiger partial charge in [0.2, 0.25) is 5.91 Å². The van der Waals surface area contributed by atoms with Gasteiger partial charge in [-0.25, -0.2) is 8.42 Å². The molecule has 0 radical (unpaired) electrons. The second-order valence-corrected chi connectivity index (χ2v) is 7.91. The Kier molecular flexibility index (Phi) is 5.06. The average molecular weight is 340 g/mol. The van der Waals surface area contributed by atoms with Gasteiger partial charge in [-0.15, -0.1) is 0 Å².